The highest BCUT2D eigenvalue weighted by atomic mass is 16.6. The molecule has 5 rings (SSSR count). The highest BCUT2D eigenvalue weighted by Gasteiger charge is 2.61. The van der Waals surface area contributed by atoms with Gasteiger partial charge >= 0.3 is 0 Å². The summed E-state index contributed by atoms with van der Waals surface area (Å²) in [6.07, 6.45) is 4.92. The zero-order valence-corrected chi connectivity index (χ0v) is 18.4. The van der Waals surface area contributed by atoms with Gasteiger partial charge in [-0.05, 0) is 29.9 Å². The second kappa shape index (κ2) is 8.40. The quantitative estimate of drug-likeness (QED) is 0.293. The average molecular weight is 461 g/mol. The Morgan fingerprint density at radius 3 is 2.35 bits per heavy atom. The van der Waals surface area contributed by atoms with Crippen LogP contribution in [0.4, 0.5) is 11.4 Å². The number of carbonyl (C=O) groups is 3. The second-order valence-electron chi connectivity index (χ2n) is 8.88. The van der Waals surface area contributed by atoms with Crippen molar-refractivity contribution in [3.63, 3.8) is 0 Å². The fraction of sp³-hybridized carbons (Fsp3) is 0.320. The Kier molecular flexibility index (Phi) is 5.39. The zero-order valence-electron chi connectivity index (χ0n) is 18.4. The van der Waals surface area contributed by atoms with Crippen molar-refractivity contribution >= 4 is 29.1 Å². The molecule has 1 saturated carbocycles. The molecule has 2 aromatic carbocycles. The monoisotopic (exact) mass is 461 g/mol. The minimum Gasteiger partial charge on any atom is -0.495 e. The molecule has 9 nitrogen and oxygen atoms in total. The van der Waals surface area contributed by atoms with E-state index in [2.05, 4.69) is 5.32 Å². The molecule has 5 atom stereocenters. The molecule has 34 heavy (non-hydrogen) atoms. The molecule has 2 fully saturated rings. The van der Waals surface area contributed by atoms with E-state index in [1.807, 2.05) is 42.5 Å². The van der Waals surface area contributed by atoms with E-state index in [9.17, 15) is 24.5 Å². The van der Waals surface area contributed by atoms with Crippen LogP contribution in [0.5, 0.6) is 5.75 Å². The van der Waals surface area contributed by atoms with Crippen LogP contribution >= 0.6 is 0 Å². The van der Waals surface area contributed by atoms with Crippen LogP contribution < -0.4 is 10.1 Å². The molecule has 3 aliphatic rings. The van der Waals surface area contributed by atoms with Gasteiger partial charge in [0, 0.05) is 18.6 Å². The van der Waals surface area contributed by atoms with Crippen LogP contribution in [0.25, 0.3) is 0 Å². The summed E-state index contributed by atoms with van der Waals surface area (Å²) in [5.74, 6) is -1.84. The van der Waals surface area contributed by atoms with Crippen LogP contribution in [-0.4, -0.2) is 40.7 Å². The first-order valence-electron chi connectivity index (χ1n) is 11.1. The van der Waals surface area contributed by atoms with Gasteiger partial charge in [-0.15, -0.1) is 0 Å². The van der Waals surface area contributed by atoms with Gasteiger partial charge in [0.1, 0.15) is 11.8 Å². The standard InChI is InChI=1S/C25H23N3O6/c1-34-20-10-9-17(28(32)33)13-18(20)26-23(29)19(11-14-5-3-2-4-6-14)27-24(30)21-15-7-8-16(12-15)22(21)25(27)31/h2-10,13,15-16,19,21-22H,11-12H2,1H3,(H,26,29)/t15-,16-,19-,21+,22+/m0/s1. The van der Waals surface area contributed by atoms with Crippen LogP contribution in [0.3, 0.4) is 0 Å². The minimum absolute atomic E-state index is 0.0220. The highest BCUT2D eigenvalue weighted by molar-refractivity contribution is 6.11. The predicted molar refractivity (Wildman–Crippen MR) is 122 cm³/mol. The number of anilines is 1. The van der Waals surface area contributed by atoms with Gasteiger partial charge in [0.25, 0.3) is 5.69 Å². The number of nitrogens with zero attached hydrogens (tertiary/aromatic N) is 2. The summed E-state index contributed by atoms with van der Waals surface area (Å²) in [4.78, 5) is 52.2. The van der Waals surface area contributed by atoms with Gasteiger partial charge in [0.05, 0.1) is 29.6 Å². The molecule has 9 heteroatoms. The van der Waals surface area contributed by atoms with Gasteiger partial charge < -0.3 is 10.1 Å². The van der Waals surface area contributed by atoms with Gasteiger partial charge in [-0.25, -0.2) is 0 Å². The van der Waals surface area contributed by atoms with Crippen molar-refractivity contribution in [1.82, 2.24) is 4.90 Å². The Labute approximate surface area is 195 Å². The average Bonchev–Trinajstić information content (AvgIpc) is 3.52. The van der Waals surface area contributed by atoms with Crippen LogP contribution in [0.1, 0.15) is 12.0 Å². The number of hydrogen-bond acceptors (Lipinski definition) is 6. The number of carbonyl (C=O) groups excluding carboxylic acids is 3. The van der Waals surface area contributed by atoms with Gasteiger partial charge in [-0.3, -0.25) is 29.4 Å². The number of hydrogen-bond donors (Lipinski definition) is 1. The molecule has 0 unspecified atom stereocenters. The minimum atomic E-state index is -1.10. The van der Waals surface area contributed by atoms with Crippen LogP contribution in [0, 0.1) is 33.8 Å². The number of methoxy groups -OCH3 is 1. The van der Waals surface area contributed by atoms with Crippen LogP contribution in [0.2, 0.25) is 0 Å². The number of nitro benzene ring substituents is 1. The molecule has 1 saturated heterocycles. The Hall–Kier alpha value is -4.01. The van der Waals surface area contributed by atoms with Crippen molar-refractivity contribution in [3.8, 4) is 5.75 Å². The molecule has 2 aromatic rings. The zero-order chi connectivity index (χ0) is 24.0. The SMILES string of the molecule is COc1ccc([N+](=O)[O-])cc1NC(=O)[C@H](Cc1ccccc1)N1C(=O)[C@H]2[C@H](C1=O)[C@H]1C=C[C@H]2C1. The lowest BCUT2D eigenvalue weighted by molar-refractivity contribution is -0.384. The third kappa shape index (κ3) is 3.53. The number of benzene rings is 2. The first-order chi connectivity index (χ1) is 16.4. The molecule has 0 spiro atoms. The molecule has 174 valence electrons. The first-order valence-corrected chi connectivity index (χ1v) is 11.1. The molecule has 0 aromatic heterocycles. The Balaban J connectivity index is 1.48. The van der Waals surface area contributed by atoms with E-state index in [-0.39, 0.29) is 47.2 Å². The lowest BCUT2D eigenvalue weighted by Gasteiger charge is -2.27. The second-order valence-corrected chi connectivity index (χ2v) is 8.88. The summed E-state index contributed by atoms with van der Waals surface area (Å²) in [5.41, 5.74) is 0.661. The van der Waals surface area contributed by atoms with Crippen LogP contribution in [-0.2, 0) is 20.8 Å². The summed E-state index contributed by atoms with van der Waals surface area (Å²) < 4.78 is 5.25. The number of fused-ring (bicyclic) bond motifs is 5. The maximum atomic E-state index is 13.5. The highest BCUT2D eigenvalue weighted by Crippen LogP contribution is 2.53. The first kappa shape index (κ1) is 21.8. The number of ether oxygens (including phenoxy) is 1. The maximum Gasteiger partial charge on any atom is 0.271 e. The largest absolute Gasteiger partial charge is 0.495 e. The molecule has 0 radical (unpaired) electrons. The van der Waals surface area contributed by atoms with E-state index in [1.54, 1.807) is 0 Å². The number of likely N-dealkylation sites (tertiary alicyclic amines) is 1. The summed E-state index contributed by atoms with van der Waals surface area (Å²) in [6, 6.07) is 11.9. The molecule has 1 aliphatic heterocycles. The smallest absolute Gasteiger partial charge is 0.271 e. The van der Waals surface area contributed by atoms with Crippen molar-refractivity contribution in [2.24, 2.45) is 23.7 Å². The van der Waals surface area contributed by atoms with Crippen LogP contribution in [0.15, 0.2) is 60.7 Å². The summed E-state index contributed by atoms with van der Waals surface area (Å²) in [6.45, 7) is 0. The number of nitro groups is 1. The molecule has 2 aliphatic carbocycles. The Bertz CT molecular complexity index is 1180. The van der Waals surface area contributed by atoms with Crippen molar-refractivity contribution < 1.29 is 24.0 Å². The molecule has 1 heterocycles. The lowest BCUT2D eigenvalue weighted by atomic mass is 9.85. The van der Waals surface area contributed by atoms with E-state index >= 15 is 0 Å². The van der Waals surface area contributed by atoms with E-state index in [1.165, 1.54) is 25.3 Å². The van der Waals surface area contributed by atoms with Gasteiger partial charge in [-0.2, -0.15) is 0 Å². The van der Waals surface area contributed by atoms with E-state index in [0.717, 1.165) is 16.9 Å². The number of allylic oxidation sites excluding steroid dienone is 2. The van der Waals surface area contributed by atoms with Crippen molar-refractivity contribution in [3.05, 3.63) is 76.4 Å². The van der Waals surface area contributed by atoms with Crippen molar-refractivity contribution in [1.29, 1.82) is 0 Å². The topological polar surface area (TPSA) is 119 Å². The van der Waals surface area contributed by atoms with Gasteiger partial charge in [0.2, 0.25) is 17.7 Å². The van der Waals surface area contributed by atoms with E-state index < -0.39 is 28.7 Å². The number of non-ortho nitro benzene ring substituents is 1. The Morgan fingerprint density at radius 2 is 1.76 bits per heavy atom. The molecular weight excluding hydrogens is 438 g/mol. The third-order valence-corrected chi connectivity index (χ3v) is 7.04. The van der Waals surface area contributed by atoms with Crippen molar-refractivity contribution in [2.75, 3.05) is 12.4 Å². The summed E-state index contributed by atoms with van der Waals surface area (Å²) >= 11 is 0. The number of amides is 3. The summed E-state index contributed by atoms with van der Waals surface area (Å²) in [5, 5.41) is 13.9. The number of imide groups is 1. The number of nitrogens with one attached hydrogen (secondary N) is 1. The van der Waals surface area contributed by atoms with E-state index in [0.29, 0.717) is 0 Å². The lowest BCUT2D eigenvalue weighted by Crippen LogP contribution is -2.49. The van der Waals surface area contributed by atoms with Crippen molar-refractivity contribution in [2.45, 2.75) is 18.9 Å². The normalized spacial score (nSPS) is 25.4. The molecule has 2 bridgehead atoms. The molecular formula is C25H23N3O6. The molecule has 3 amide bonds. The fourth-order valence-electron chi connectivity index (χ4n) is 5.49. The van der Waals surface area contributed by atoms with E-state index in [4.69, 9.17) is 4.74 Å². The van der Waals surface area contributed by atoms with Gasteiger partial charge in [-0.1, -0.05) is 42.5 Å². The number of rotatable bonds is 7. The predicted octanol–water partition coefficient (Wildman–Crippen LogP) is 2.96. The fourth-order valence-corrected chi connectivity index (χ4v) is 5.49. The maximum absolute atomic E-state index is 13.5. The molecule has 1 N–H and O–H groups in total. The summed E-state index contributed by atoms with van der Waals surface area (Å²) in [7, 11) is 1.38. The third-order valence-electron chi connectivity index (χ3n) is 7.04. The van der Waals surface area contributed by atoms with Gasteiger partial charge in [0.15, 0.2) is 0 Å². The Morgan fingerprint density at radius 1 is 1.12 bits per heavy atom.